The fourth-order valence-corrected chi connectivity index (χ4v) is 0.841. The molecule has 0 aromatic rings. The average Bonchev–Trinajstić information content (AvgIpc) is 1.87. The molecule has 1 amide bonds. The monoisotopic (exact) mass is 191 g/mol. The molecule has 0 saturated carbocycles. The van der Waals surface area contributed by atoms with Gasteiger partial charge < -0.3 is 0 Å². The highest BCUT2D eigenvalue weighted by Crippen LogP contribution is 2.01. The lowest BCUT2D eigenvalue weighted by Crippen LogP contribution is -2.20. The fraction of sp³-hybridized carbons (Fsp3) is 0.500. The van der Waals surface area contributed by atoms with Gasteiger partial charge in [-0.05, 0) is 6.42 Å². The Bertz CT molecular complexity index is 114. The third-order valence-electron chi connectivity index (χ3n) is 1.06. The molecule has 0 aromatic carbocycles. The van der Waals surface area contributed by atoms with Crippen LogP contribution < -0.4 is 4.34 Å². The van der Waals surface area contributed by atoms with E-state index in [2.05, 4.69) is 27.1 Å². The third-order valence-corrected chi connectivity index (χ3v) is 1.45. The van der Waals surface area contributed by atoms with E-state index in [0.29, 0.717) is 0 Å². The number of carbonyl (C=O) groups is 1. The lowest BCUT2D eigenvalue weighted by atomic mass is 10.1. The number of hydrogen-bond acceptors (Lipinski definition) is 1. The molecular weight excluding hydrogens is 182 g/mol. The summed E-state index contributed by atoms with van der Waals surface area (Å²) in [6.07, 6.45) is 2.45. The zero-order valence-corrected chi connectivity index (χ0v) is 6.94. The summed E-state index contributed by atoms with van der Waals surface area (Å²) >= 11 is 2.85. The Hall–Kier alpha value is -0.310. The summed E-state index contributed by atoms with van der Waals surface area (Å²) in [7, 11) is 0. The van der Waals surface area contributed by atoms with Crippen molar-refractivity contribution in [1.29, 1.82) is 0 Å². The Morgan fingerprint density at radius 1 is 2.00 bits per heavy atom. The molecule has 9 heavy (non-hydrogen) atoms. The van der Waals surface area contributed by atoms with Crippen LogP contribution in [0.15, 0.2) is 12.7 Å². The van der Waals surface area contributed by atoms with Gasteiger partial charge in [0.1, 0.15) is 0 Å². The van der Waals surface area contributed by atoms with Crippen LogP contribution in [-0.2, 0) is 4.79 Å². The summed E-state index contributed by atoms with van der Waals surface area (Å²) in [6.45, 7) is 5.37. The van der Waals surface area contributed by atoms with Crippen molar-refractivity contribution in [3.8, 4) is 0 Å². The van der Waals surface area contributed by atoms with Crippen LogP contribution in [0.1, 0.15) is 13.3 Å². The van der Waals surface area contributed by atoms with Gasteiger partial charge in [-0.1, -0.05) is 13.0 Å². The molecule has 1 atom stereocenters. The predicted molar refractivity (Wildman–Crippen MR) is 41.0 cm³/mol. The Morgan fingerprint density at radius 3 is 2.89 bits per heavy atom. The molecule has 0 aromatic heterocycles. The van der Waals surface area contributed by atoms with Crippen molar-refractivity contribution in [3.63, 3.8) is 0 Å². The first-order chi connectivity index (χ1) is 4.22. The molecule has 1 N–H and O–H groups in total. The minimum absolute atomic E-state index is 0.00472. The zero-order chi connectivity index (χ0) is 7.28. The molecule has 52 valence electrons. The number of halogens is 1. The molecule has 0 saturated heterocycles. The summed E-state index contributed by atoms with van der Waals surface area (Å²) < 4.78 is 2.38. The van der Waals surface area contributed by atoms with E-state index >= 15 is 0 Å². The van der Waals surface area contributed by atoms with Crippen LogP contribution in [-0.4, -0.2) is 5.91 Å². The van der Waals surface area contributed by atoms with Crippen molar-refractivity contribution in [3.05, 3.63) is 12.7 Å². The molecule has 0 radical (unpaired) electrons. The average molecular weight is 192 g/mol. The minimum Gasteiger partial charge on any atom is -0.292 e. The Labute approximate surface area is 63.7 Å². The van der Waals surface area contributed by atoms with Crippen molar-refractivity contribution in [2.45, 2.75) is 13.3 Å². The maximum atomic E-state index is 10.7. The summed E-state index contributed by atoms with van der Waals surface area (Å²) in [5.41, 5.74) is 0. The van der Waals surface area contributed by atoms with Crippen LogP contribution in [0.2, 0.25) is 0 Å². The molecule has 0 aliphatic heterocycles. The minimum atomic E-state index is -0.00472. The topological polar surface area (TPSA) is 29.1 Å². The van der Waals surface area contributed by atoms with Gasteiger partial charge >= 0.3 is 0 Å². The van der Waals surface area contributed by atoms with Gasteiger partial charge in [0, 0.05) is 22.1 Å². The van der Waals surface area contributed by atoms with E-state index in [1.54, 1.807) is 6.08 Å². The highest BCUT2D eigenvalue weighted by Gasteiger charge is 2.07. The molecule has 0 aliphatic rings. The van der Waals surface area contributed by atoms with E-state index in [4.69, 9.17) is 0 Å². The molecule has 0 rings (SSSR count). The number of rotatable bonds is 3. The van der Waals surface area contributed by atoms with E-state index in [1.165, 1.54) is 0 Å². The fourth-order valence-electron chi connectivity index (χ4n) is 0.450. The van der Waals surface area contributed by atoms with E-state index < -0.39 is 0 Å². The van der Waals surface area contributed by atoms with Crippen molar-refractivity contribution < 1.29 is 4.79 Å². The van der Waals surface area contributed by atoms with Gasteiger partial charge in [-0.2, -0.15) is 0 Å². The van der Waals surface area contributed by atoms with E-state index in [9.17, 15) is 4.79 Å². The summed E-state index contributed by atoms with van der Waals surface area (Å²) in [5, 5.41) is 0. The van der Waals surface area contributed by atoms with E-state index in [1.807, 2.05) is 6.92 Å². The van der Waals surface area contributed by atoms with Gasteiger partial charge in [0.05, 0.1) is 0 Å². The molecular formula is C6H10BrNO. The molecule has 2 nitrogen and oxygen atoms in total. The summed E-state index contributed by atoms with van der Waals surface area (Å²) in [4.78, 5) is 10.7. The lowest BCUT2D eigenvalue weighted by Gasteiger charge is -2.03. The number of nitrogens with one attached hydrogen (secondary N) is 1. The summed E-state index contributed by atoms with van der Waals surface area (Å²) in [5.74, 6) is 0.0109. The highest BCUT2D eigenvalue weighted by atomic mass is 79.9. The predicted octanol–water partition coefficient (Wildman–Crippen LogP) is 1.62. The first-order valence-corrected chi connectivity index (χ1v) is 3.53. The van der Waals surface area contributed by atoms with Crippen molar-refractivity contribution in [2.75, 3.05) is 0 Å². The van der Waals surface area contributed by atoms with Gasteiger partial charge in [-0.15, -0.1) is 6.58 Å². The van der Waals surface area contributed by atoms with Crippen molar-refractivity contribution in [1.82, 2.24) is 4.34 Å². The first kappa shape index (κ1) is 8.69. The number of carbonyl (C=O) groups excluding carboxylic acids is 1. The molecule has 0 bridgehead atoms. The number of hydrogen-bond donors (Lipinski definition) is 1. The second-order valence-electron chi connectivity index (χ2n) is 1.88. The van der Waals surface area contributed by atoms with Gasteiger partial charge in [-0.3, -0.25) is 9.14 Å². The standard InChI is InChI=1S/C6H10BrNO/c1-3-4-5(2)6(9)8-7/h3,5H,1,4H2,2H3,(H,8,9)/t5-/m1/s1. The van der Waals surface area contributed by atoms with Crippen LogP contribution >= 0.6 is 16.1 Å². The van der Waals surface area contributed by atoms with Gasteiger partial charge in [0.15, 0.2) is 0 Å². The molecule has 0 aliphatic carbocycles. The molecule has 0 unspecified atom stereocenters. The van der Waals surface area contributed by atoms with Crippen LogP contribution in [0, 0.1) is 5.92 Å². The Morgan fingerprint density at radius 2 is 2.56 bits per heavy atom. The largest absolute Gasteiger partial charge is 0.292 e. The molecule has 3 heteroatoms. The maximum absolute atomic E-state index is 10.7. The van der Waals surface area contributed by atoms with Gasteiger partial charge in [-0.25, -0.2) is 0 Å². The number of allylic oxidation sites excluding steroid dienone is 1. The Kier molecular flexibility index (Phi) is 4.40. The lowest BCUT2D eigenvalue weighted by molar-refractivity contribution is -0.122. The second kappa shape index (κ2) is 4.56. The third kappa shape index (κ3) is 3.30. The summed E-state index contributed by atoms with van der Waals surface area (Å²) in [6, 6.07) is 0. The van der Waals surface area contributed by atoms with Crippen LogP contribution in [0.4, 0.5) is 0 Å². The van der Waals surface area contributed by atoms with E-state index in [-0.39, 0.29) is 11.8 Å². The van der Waals surface area contributed by atoms with Crippen LogP contribution in [0.5, 0.6) is 0 Å². The quantitative estimate of drug-likeness (QED) is 0.534. The maximum Gasteiger partial charge on any atom is 0.232 e. The second-order valence-corrected chi connectivity index (χ2v) is 2.28. The molecule has 0 fully saturated rings. The Balaban J connectivity index is 3.58. The SMILES string of the molecule is C=CC[C@@H](C)C(=O)NBr. The van der Waals surface area contributed by atoms with Crippen molar-refractivity contribution >= 4 is 22.1 Å². The van der Waals surface area contributed by atoms with Crippen LogP contribution in [0.3, 0.4) is 0 Å². The van der Waals surface area contributed by atoms with Crippen molar-refractivity contribution in [2.24, 2.45) is 5.92 Å². The molecule has 0 heterocycles. The smallest absolute Gasteiger partial charge is 0.232 e. The van der Waals surface area contributed by atoms with Crippen LogP contribution in [0.25, 0.3) is 0 Å². The first-order valence-electron chi connectivity index (χ1n) is 2.73. The highest BCUT2D eigenvalue weighted by molar-refractivity contribution is 9.08. The van der Waals surface area contributed by atoms with Gasteiger partial charge in [0.2, 0.25) is 5.91 Å². The van der Waals surface area contributed by atoms with Gasteiger partial charge in [0.25, 0.3) is 0 Å². The number of amides is 1. The zero-order valence-electron chi connectivity index (χ0n) is 5.36. The van der Waals surface area contributed by atoms with E-state index in [0.717, 1.165) is 6.42 Å². The molecule has 0 spiro atoms. The normalized spacial score (nSPS) is 12.2.